The lowest BCUT2D eigenvalue weighted by Gasteiger charge is -2.36. The van der Waals surface area contributed by atoms with Gasteiger partial charge in [0.15, 0.2) is 5.75 Å². The molecule has 180 valence electrons. The highest BCUT2D eigenvalue weighted by atomic mass is 16.6. The molecule has 4 atom stereocenters. The molecule has 0 aromatic heterocycles. The molecule has 3 amide bonds. The summed E-state index contributed by atoms with van der Waals surface area (Å²) in [5.41, 5.74) is 1.50. The van der Waals surface area contributed by atoms with Crippen LogP contribution in [0.25, 0.3) is 0 Å². The number of nitrogens with one attached hydrogen (secondary N) is 1. The zero-order valence-electron chi connectivity index (χ0n) is 19.5. The average molecular weight is 476 g/mol. The number of amides is 3. The van der Waals surface area contributed by atoms with Gasteiger partial charge in [0.1, 0.15) is 5.54 Å². The molecule has 0 radical (unpaired) electrons. The van der Waals surface area contributed by atoms with Crippen molar-refractivity contribution in [2.24, 2.45) is 11.8 Å². The van der Waals surface area contributed by atoms with Gasteiger partial charge in [-0.05, 0) is 44.4 Å². The van der Waals surface area contributed by atoms with E-state index in [9.17, 15) is 24.5 Å². The highest BCUT2D eigenvalue weighted by Crippen LogP contribution is 2.61. The van der Waals surface area contributed by atoms with Crippen LogP contribution in [0.4, 0.5) is 17.1 Å². The molecule has 10 nitrogen and oxygen atoms in total. The minimum Gasteiger partial charge on any atom is -0.490 e. The first-order chi connectivity index (χ1) is 16.7. The molecule has 2 aromatic carbocycles. The number of carbonyl (C=O) groups excluding carboxylic acids is 3. The molecule has 0 bridgehead atoms. The molecule has 6 rings (SSSR count). The number of benzene rings is 2. The highest BCUT2D eigenvalue weighted by Gasteiger charge is 2.74. The Morgan fingerprint density at radius 1 is 1.14 bits per heavy atom. The number of imide groups is 1. The van der Waals surface area contributed by atoms with E-state index in [1.54, 1.807) is 6.92 Å². The molecule has 10 heteroatoms. The number of methoxy groups -OCH3 is 1. The second kappa shape index (κ2) is 7.11. The third-order valence-electron chi connectivity index (χ3n) is 8.17. The maximum atomic E-state index is 14.1. The van der Waals surface area contributed by atoms with Gasteiger partial charge in [-0.15, -0.1) is 0 Å². The number of carbonyl (C=O) groups is 3. The minimum atomic E-state index is -1.26. The molecule has 4 aliphatic heterocycles. The summed E-state index contributed by atoms with van der Waals surface area (Å²) in [6.07, 6.45) is 1.54. The number of rotatable bonds is 3. The third kappa shape index (κ3) is 2.49. The van der Waals surface area contributed by atoms with Crippen molar-refractivity contribution in [3.05, 3.63) is 57.1 Å². The maximum absolute atomic E-state index is 14.1. The fourth-order valence-electron chi connectivity index (χ4n) is 6.82. The van der Waals surface area contributed by atoms with E-state index < -0.39 is 28.2 Å². The minimum absolute atomic E-state index is 0.0370. The summed E-state index contributed by atoms with van der Waals surface area (Å²) < 4.78 is 5.20. The van der Waals surface area contributed by atoms with E-state index in [2.05, 4.69) is 10.2 Å². The Balaban J connectivity index is 1.54. The molecule has 4 heterocycles. The van der Waals surface area contributed by atoms with Crippen LogP contribution in [0.5, 0.6) is 5.75 Å². The number of nitro benzene ring substituents is 1. The molecule has 0 unspecified atom stereocenters. The summed E-state index contributed by atoms with van der Waals surface area (Å²) >= 11 is 0. The van der Waals surface area contributed by atoms with E-state index >= 15 is 0 Å². The van der Waals surface area contributed by atoms with E-state index in [-0.39, 0.29) is 35.0 Å². The lowest BCUT2D eigenvalue weighted by Crippen LogP contribution is -2.54. The molecule has 4 aliphatic rings. The number of aryl methyl sites for hydroxylation is 2. The molecule has 0 saturated carbocycles. The van der Waals surface area contributed by atoms with Crippen LogP contribution in [-0.2, 0) is 19.9 Å². The van der Waals surface area contributed by atoms with Gasteiger partial charge in [-0.25, -0.2) is 4.90 Å². The number of fused-ring (bicyclic) bond motifs is 7. The first kappa shape index (κ1) is 21.7. The van der Waals surface area contributed by atoms with E-state index in [4.69, 9.17) is 4.74 Å². The highest BCUT2D eigenvalue weighted by molar-refractivity contribution is 6.26. The van der Waals surface area contributed by atoms with Gasteiger partial charge in [0.05, 0.1) is 29.6 Å². The second-order valence-corrected chi connectivity index (χ2v) is 9.70. The summed E-state index contributed by atoms with van der Waals surface area (Å²) in [7, 11) is 1.30. The summed E-state index contributed by atoms with van der Waals surface area (Å²) in [5.74, 6) is -2.71. The lowest BCUT2D eigenvalue weighted by molar-refractivity contribution is -0.385. The normalized spacial score (nSPS) is 28.9. The molecule has 35 heavy (non-hydrogen) atoms. The molecule has 3 saturated heterocycles. The second-order valence-electron chi connectivity index (χ2n) is 9.70. The fraction of sp³-hybridized carbons (Fsp3) is 0.400. The molecule has 1 N–H and O–H groups in total. The Labute approximate surface area is 201 Å². The lowest BCUT2D eigenvalue weighted by atomic mass is 9.75. The van der Waals surface area contributed by atoms with Crippen molar-refractivity contribution in [1.29, 1.82) is 0 Å². The van der Waals surface area contributed by atoms with Crippen molar-refractivity contribution in [2.45, 2.75) is 38.3 Å². The standard InChI is InChI=1S/C25H24N4O6/c1-12-6-4-7-14-21(12)26-24(32)25(14)20-19(15-8-5-9-27(15)25)22(30)28(23(20)31)16-11-18(35-3)17(29(33)34)10-13(16)2/h4,6-7,10-11,15,19-20H,5,8-9H2,1-3H3,(H,26,32)/t15-,19-,20+,25+/m1/s1. The van der Waals surface area contributed by atoms with E-state index in [0.29, 0.717) is 24.2 Å². The number of para-hydroxylation sites is 1. The summed E-state index contributed by atoms with van der Waals surface area (Å²) in [6.45, 7) is 4.16. The Morgan fingerprint density at radius 3 is 2.63 bits per heavy atom. The smallest absolute Gasteiger partial charge is 0.311 e. The van der Waals surface area contributed by atoms with Crippen LogP contribution in [0, 0.1) is 35.8 Å². The van der Waals surface area contributed by atoms with Crippen LogP contribution in [0.3, 0.4) is 0 Å². The van der Waals surface area contributed by atoms with Crippen molar-refractivity contribution in [3.63, 3.8) is 0 Å². The predicted octanol–water partition coefficient (Wildman–Crippen LogP) is 2.65. The van der Waals surface area contributed by atoms with Gasteiger partial charge in [-0.1, -0.05) is 18.2 Å². The number of ether oxygens (including phenoxy) is 1. The first-order valence-corrected chi connectivity index (χ1v) is 11.6. The number of nitrogens with zero attached hydrogens (tertiary/aromatic N) is 3. The molecule has 0 aliphatic carbocycles. The summed E-state index contributed by atoms with van der Waals surface area (Å²) in [5, 5.41) is 14.5. The van der Waals surface area contributed by atoms with Crippen molar-refractivity contribution >= 4 is 34.8 Å². The van der Waals surface area contributed by atoms with Crippen molar-refractivity contribution in [3.8, 4) is 5.75 Å². The molecule has 2 aromatic rings. The molecule has 3 fully saturated rings. The van der Waals surface area contributed by atoms with Gasteiger partial charge in [0.2, 0.25) is 17.7 Å². The average Bonchev–Trinajstić information content (AvgIpc) is 3.53. The Morgan fingerprint density at radius 2 is 1.91 bits per heavy atom. The number of hydrogen-bond acceptors (Lipinski definition) is 7. The third-order valence-corrected chi connectivity index (χ3v) is 8.17. The van der Waals surface area contributed by atoms with Crippen LogP contribution >= 0.6 is 0 Å². The summed E-state index contributed by atoms with van der Waals surface area (Å²) in [4.78, 5) is 55.9. The number of nitro groups is 1. The van der Waals surface area contributed by atoms with Crippen LogP contribution in [0.1, 0.15) is 29.5 Å². The van der Waals surface area contributed by atoms with Gasteiger partial charge >= 0.3 is 5.69 Å². The SMILES string of the molecule is COc1cc(N2C(=O)[C@@H]3[C@H]4CCCN4[C@]4(C(=O)Nc5c(C)cccc54)[C@@H]3C2=O)c(C)cc1[N+](=O)[O-]. The van der Waals surface area contributed by atoms with Crippen LogP contribution < -0.4 is 15.0 Å². The van der Waals surface area contributed by atoms with Gasteiger partial charge in [-0.3, -0.25) is 29.4 Å². The molecule has 1 spiro atoms. The topological polar surface area (TPSA) is 122 Å². The van der Waals surface area contributed by atoms with Gasteiger partial charge in [-0.2, -0.15) is 0 Å². The van der Waals surface area contributed by atoms with Gasteiger partial charge in [0, 0.05) is 29.4 Å². The van der Waals surface area contributed by atoms with Crippen molar-refractivity contribution in [1.82, 2.24) is 4.90 Å². The first-order valence-electron chi connectivity index (χ1n) is 11.6. The largest absolute Gasteiger partial charge is 0.490 e. The van der Waals surface area contributed by atoms with Crippen LogP contribution in [-0.4, -0.2) is 47.2 Å². The van der Waals surface area contributed by atoms with E-state index in [1.807, 2.05) is 25.1 Å². The van der Waals surface area contributed by atoms with E-state index in [1.165, 1.54) is 19.2 Å². The zero-order valence-corrected chi connectivity index (χ0v) is 19.5. The molecular weight excluding hydrogens is 452 g/mol. The summed E-state index contributed by atoms with van der Waals surface area (Å²) in [6, 6.07) is 8.10. The van der Waals surface area contributed by atoms with Gasteiger partial charge < -0.3 is 10.1 Å². The van der Waals surface area contributed by atoms with Crippen molar-refractivity contribution in [2.75, 3.05) is 23.9 Å². The number of anilines is 2. The predicted molar refractivity (Wildman–Crippen MR) is 125 cm³/mol. The Bertz CT molecular complexity index is 1360. The monoisotopic (exact) mass is 476 g/mol. The fourth-order valence-corrected chi connectivity index (χ4v) is 6.82. The molecular formula is C25H24N4O6. The van der Waals surface area contributed by atoms with Gasteiger partial charge in [0.25, 0.3) is 0 Å². The van der Waals surface area contributed by atoms with Crippen LogP contribution in [0.15, 0.2) is 30.3 Å². The van der Waals surface area contributed by atoms with Crippen molar-refractivity contribution < 1.29 is 24.0 Å². The Kier molecular flexibility index (Phi) is 4.41. The number of hydrogen-bond donors (Lipinski definition) is 1. The van der Waals surface area contributed by atoms with E-state index in [0.717, 1.165) is 22.4 Å². The quantitative estimate of drug-likeness (QED) is 0.411. The maximum Gasteiger partial charge on any atom is 0.311 e. The van der Waals surface area contributed by atoms with Crippen LogP contribution in [0.2, 0.25) is 0 Å². The zero-order chi connectivity index (χ0) is 24.8. The Hall–Kier alpha value is -3.79.